The van der Waals surface area contributed by atoms with E-state index < -0.39 is 4.92 Å². The Morgan fingerprint density at radius 2 is 2.31 bits per heavy atom. The highest BCUT2D eigenvalue weighted by molar-refractivity contribution is 5.87. The number of nitrogens with one attached hydrogen (secondary N) is 1. The molecule has 0 radical (unpaired) electrons. The van der Waals surface area contributed by atoms with Gasteiger partial charge in [0, 0.05) is 0 Å². The minimum Gasteiger partial charge on any atom is -0.340 e. The van der Waals surface area contributed by atoms with Crippen LogP contribution in [0.5, 0.6) is 0 Å². The van der Waals surface area contributed by atoms with Gasteiger partial charge < -0.3 is 4.98 Å². The van der Waals surface area contributed by atoms with Gasteiger partial charge >= 0.3 is 0 Å². The molecule has 1 N–H and O–H groups in total. The van der Waals surface area contributed by atoms with Crippen LogP contribution in [0.1, 0.15) is 5.69 Å². The summed E-state index contributed by atoms with van der Waals surface area (Å²) in [6.07, 6.45) is 2.70. The van der Waals surface area contributed by atoms with Crippen molar-refractivity contribution in [2.75, 3.05) is 0 Å². The number of H-pyrrole nitrogens is 1. The summed E-state index contributed by atoms with van der Waals surface area (Å²) in [5.74, 6) is 0. The lowest BCUT2D eigenvalue weighted by atomic mass is 10.3. The summed E-state index contributed by atoms with van der Waals surface area (Å²) in [5.41, 5.74) is 1.13. The Morgan fingerprint density at radius 3 is 3.00 bits per heavy atom. The molecule has 2 rings (SSSR count). The van der Waals surface area contributed by atoms with Gasteiger partial charge in [-0.25, -0.2) is 9.97 Å². The van der Waals surface area contributed by atoms with E-state index in [1.165, 1.54) is 12.5 Å². The fourth-order valence-electron chi connectivity index (χ4n) is 1.24. The molecule has 0 amide bonds. The van der Waals surface area contributed by atoms with E-state index in [1.807, 2.05) is 0 Å². The molecule has 0 atom stereocenters. The minimum atomic E-state index is -0.449. The van der Waals surface area contributed by atoms with Gasteiger partial charge in [-0.3, -0.25) is 10.1 Å². The zero-order valence-corrected chi connectivity index (χ0v) is 6.81. The second kappa shape index (κ2) is 2.51. The molecule has 2 aromatic rings. The zero-order valence-electron chi connectivity index (χ0n) is 6.81. The molecule has 0 saturated heterocycles. The first-order valence-electron chi connectivity index (χ1n) is 3.63. The average Bonchev–Trinajstić information content (AvgIpc) is 2.49. The van der Waals surface area contributed by atoms with E-state index in [9.17, 15) is 10.1 Å². The van der Waals surface area contributed by atoms with Gasteiger partial charge in [0.2, 0.25) is 0 Å². The van der Waals surface area contributed by atoms with Crippen LogP contribution in [0, 0.1) is 17.0 Å². The van der Waals surface area contributed by atoms with Crippen molar-refractivity contribution in [3.8, 4) is 0 Å². The topological polar surface area (TPSA) is 84.7 Å². The number of nitrogens with zero attached hydrogens (tertiary/aromatic N) is 3. The third-order valence-corrected chi connectivity index (χ3v) is 1.84. The van der Waals surface area contributed by atoms with Crippen molar-refractivity contribution in [2.24, 2.45) is 0 Å². The number of aromatic nitrogens is 3. The SMILES string of the molecule is Cc1ncnc2[nH]cc([N+](=O)[O-])c12. The molecule has 0 aromatic carbocycles. The molecule has 0 fully saturated rings. The number of rotatable bonds is 1. The molecular weight excluding hydrogens is 172 g/mol. The van der Waals surface area contributed by atoms with Crippen LogP contribution in [0.25, 0.3) is 11.0 Å². The first-order valence-corrected chi connectivity index (χ1v) is 3.63. The van der Waals surface area contributed by atoms with Crippen LogP contribution in [0.15, 0.2) is 12.5 Å². The van der Waals surface area contributed by atoms with Crippen LogP contribution in [0.2, 0.25) is 0 Å². The molecule has 13 heavy (non-hydrogen) atoms. The second-order valence-corrected chi connectivity index (χ2v) is 2.61. The summed E-state index contributed by atoms with van der Waals surface area (Å²) in [5, 5.41) is 11.0. The van der Waals surface area contributed by atoms with Gasteiger partial charge in [0.05, 0.1) is 16.8 Å². The molecule has 6 heteroatoms. The highest BCUT2D eigenvalue weighted by Crippen LogP contribution is 2.24. The molecular formula is C7H6N4O2. The standard InChI is InChI=1S/C7H6N4O2/c1-4-6-5(11(12)13)2-8-7(6)10-3-9-4/h2-3H,1H3,(H,8,9,10). The first kappa shape index (κ1) is 7.66. The molecule has 2 aromatic heterocycles. The van der Waals surface area contributed by atoms with Gasteiger partial charge in [-0.15, -0.1) is 0 Å². The molecule has 0 spiro atoms. The quantitative estimate of drug-likeness (QED) is 0.524. The van der Waals surface area contributed by atoms with Gasteiger partial charge in [-0.2, -0.15) is 0 Å². The highest BCUT2D eigenvalue weighted by atomic mass is 16.6. The Bertz CT molecular complexity index is 476. The molecule has 0 saturated carbocycles. The molecule has 6 nitrogen and oxygen atoms in total. The minimum absolute atomic E-state index is 0.0214. The lowest BCUT2D eigenvalue weighted by Gasteiger charge is -1.92. The van der Waals surface area contributed by atoms with Crippen LogP contribution < -0.4 is 0 Å². The number of nitro groups is 1. The summed E-state index contributed by atoms with van der Waals surface area (Å²) in [7, 11) is 0. The van der Waals surface area contributed by atoms with E-state index in [0.29, 0.717) is 16.7 Å². The van der Waals surface area contributed by atoms with Crippen LogP contribution in [0.4, 0.5) is 5.69 Å². The number of aromatic amines is 1. The van der Waals surface area contributed by atoms with Crippen molar-refractivity contribution in [2.45, 2.75) is 6.92 Å². The van der Waals surface area contributed by atoms with Gasteiger partial charge in [0.15, 0.2) is 0 Å². The maximum absolute atomic E-state index is 10.6. The molecule has 0 aliphatic carbocycles. The van der Waals surface area contributed by atoms with Gasteiger partial charge in [0.1, 0.15) is 17.4 Å². The molecule has 0 unspecified atom stereocenters. The van der Waals surface area contributed by atoms with Crippen LogP contribution in [0.3, 0.4) is 0 Å². The fourth-order valence-corrected chi connectivity index (χ4v) is 1.24. The van der Waals surface area contributed by atoms with Crippen molar-refractivity contribution in [3.05, 3.63) is 28.3 Å². The largest absolute Gasteiger partial charge is 0.340 e. The van der Waals surface area contributed by atoms with E-state index in [1.54, 1.807) is 6.92 Å². The number of hydrogen-bond donors (Lipinski definition) is 1. The number of aryl methyl sites for hydroxylation is 1. The zero-order chi connectivity index (χ0) is 9.42. The Balaban J connectivity index is 2.86. The van der Waals surface area contributed by atoms with Crippen molar-refractivity contribution in [1.82, 2.24) is 15.0 Å². The number of hydrogen-bond acceptors (Lipinski definition) is 4. The third-order valence-electron chi connectivity index (χ3n) is 1.84. The summed E-state index contributed by atoms with van der Waals surface area (Å²) in [6, 6.07) is 0. The van der Waals surface area contributed by atoms with Gasteiger partial charge in [-0.1, -0.05) is 0 Å². The maximum atomic E-state index is 10.6. The molecule has 0 aliphatic rings. The fraction of sp³-hybridized carbons (Fsp3) is 0.143. The Morgan fingerprint density at radius 1 is 1.54 bits per heavy atom. The smallest absolute Gasteiger partial charge is 0.298 e. The van der Waals surface area contributed by atoms with Crippen molar-refractivity contribution >= 4 is 16.7 Å². The second-order valence-electron chi connectivity index (χ2n) is 2.61. The van der Waals surface area contributed by atoms with Crippen LogP contribution in [-0.4, -0.2) is 19.9 Å². The maximum Gasteiger partial charge on any atom is 0.298 e. The highest BCUT2D eigenvalue weighted by Gasteiger charge is 2.16. The van der Waals surface area contributed by atoms with E-state index in [0.717, 1.165) is 0 Å². The summed E-state index contributed by atoms with van der Waals surface area (Å²) in [4.78, 5) is 20.6. The van der Waals surface area contributed by atoms with E-state index in [4.69, 9.17) is 0 Å². The monoisotopic (exact) mass is 178 g/mol. The first-order chi connectivity index (χ1) is 6.20. The van der Waals surface area contributed by atoms with Crippen LogP contribution >= 0.6 is 0 Å². The Kier molecular flexibility index (Phi) is 1.48. The summed E-state index contributed by atoms with van der Waals surface area (Å²) in [6.45, 7) is 1.71. The third kappa shape index (κ3) is 1.03. The van der Waals surface area contributed by atoms with Gasteiger partial charge in [0.25, 0.3) is 5.69 Å². The number of fused-ring (bicyclic) bond motifs is 1. The molecule has 66 valence electrons. The lowest BCUT2D eigenvalue weighted by Crippen LogP contribution is -1.89. The van der Waals surface area contributed by atoms with E-state index >= 15 is 0 Å². The Labute approximate surface area is 72.8 Å². The summed E-state index contributed by atoms with van der Waals surface area (Å²) >= 11 is 0. The van der Waals surface area contributed by atoms with Crippen molar-refractivity contribution in [3.63, 3.8) is 0 Å². The normalized spacial score (nSPS) is 10.5. The summed E-state index contributed by atoms with van der Waals surface area (Å²) < 4.78 is 0. The van der Waals surface area contributed by atoms with Gasteiger partial charge in [-0.05, 0) is 6.92 Å². The predicted molar refractivity (Wildman–Crippen MR) is 45.3 cm³/mol. The van der Waals surface area contributed by atoms with Crippen molar-refractivity contribution in [1.29, 1.82) is 0 Å². The average molecular weight is 178 g/mol. The predicted octanol–water partition coefficient (Wildman–Crippen LogP) is 1.17. The molecule has 2 heterocycles. The van der Waals surface area contributed by atoms with Crippen LogP contribution in [-0.2, 0) is 0 Å². The van der Waals surface area contributed by atoms with E-state index in [-0.39, 0.29) is 5.69 Å². The molecule has 0 aliphatic heterocycles. The van der Waals surface area contributed by atoms with E-state index in [2.05, 4.69) is 15.0 Å². The lowest BCUT2D eigenvalue weighted by molar-refractivity contribution is -0.383. The molecule has 0 bridgehead atoms. The van der Waals surface area contributed by atoms with Crippen molar-refractivity contribution < 1.29 is 4.92 Å². The Hall–Kier alpha value is -1.98.